The van der Waals surface area contributed by atoms with Crippen molar-refractivity contribution in [1.82, 2.24) is 0 Å². The monoisotopic (exact) mass is 1420 g/mol. The van der Waals surface area contributed by atoms with Crippen LogP contribution in [0.3, 0.4) is 0 Å². The van der Waals surface area contributed by atoms with Crippen molar-refractivity contribution in [2.75, 3.05) is 39.6 Å². The Hall–Kier alpha value is -3.50. The van der Waals surface area contributed by atoms with Gasteiger partial charge in [0.25, 0.3) is 0 Å². The molecule has 98 heavy (non-hydrogen) atoms. The van der Waals surface area contributed by atoms with Crippen LogP contribution in [0.2, 0.25) is 0 Å². The lowest BCUT2D eigenvalue weighted by Gasteiger charge is -2.21. The van der Waals surface area contributed by atoms with Gasteiger partial charge in [0.2, 0.25) is 0 Å². The fraction of sp³-hybridized carbons (Fsp3) is 0.797. The normalized spacial score (nSPS) is 14.3. The molecule has 0 saturated heterocycles. The van der Waals surface area contributed by atoms with Gasteiger partial charge in [-0.05, 0) is 116 Å². The first kappa shape index (κ1) is 94.5. The zero-order valence-electron chi connectivity index (χ0n) is 62.2. The van der Waals surface area contributed by atoms with Crippen LogP contribution >= 0.6 is 15.6 Å². The van der Waals surface area contributed by atoms with E-state index >= 15 is 0 Å². The molecule has 0 aromatic carbocycles. The van der Waals surface area contributed by atoms with E-state index in [0.29, 0.717) is 25.7 Å². The number of aliphatic hydroxyl groups excluding tert-OH is 1. The molecule has 0 aromatic rings. The molecule has 0 aliphatic carbocycles. The van der Waals surface area contributed by atoms with E-state index < -0.39 is 97.5 Å². The van der Waals surface area contributed by atoms with Gasteiger partial charge in [0, 0.05) is 25.7 Å². The van der Waals surface area contributed by atoms with Gasteiger partial charge in [0.05, 0.1) is 26.4 Å². The Kier molecular flexibility index (Phi) is 69.3. The first-order valence-electron chi connectivity index (χ1n) is 39.2. The summed E-state index contributed by atoms with van der Waals surface area (Å²) in [6, 6.07) is 0. The second-order valence-electron chi connectivity index (χ2n) is 26.3. The molecule has 0 heterocycles. The van der Waals surface area contributed by atoms with Gasteiger partial charge < -0.3 is 33.8 Å². The van der Waals surface area contributed by atoms with Crippen LogP contribution in [0.25, 0.3) is 0 Å². The average molecular weight is 1430 g/mol. The summed E-state index contributed by atoms with van der Waals surface area (Å²) in [7, 11) is -9.94. The zero-order valence-corrected chi connectivity index (χ0v) is 64.0. The van der Waals surface area contributed by atoms with Crippen LogP contribution in [-0.2, 0) is 65.4 Å². The molecule has 5 unspecified atom stereocenters. The lowest BCUT2D eigenvalue weighted by molar-refractivity contribution is -0.161. The van der Waals surface area contributed by atoms with Crippen molar-refractivity contribution >= 4 is 39.5 Å². The number of unbranched alkanes of at least 4 members (excludes halogenated alkanes) is 36. The molecule has 0 aliphatic heterocycles. The third-order valence-electron chi connectivity index (χ3n) is 16.6. The number of esters is 4. The molecular formula is C79H142O17P2. The van der Waals surface area contributed by atoms with Crippen molar-refractivity contribution < 1.29 is 80.2 Å². The summed E-state index contributed by atoms with van der Waals surface area (Å²) in [6.45, 7) is 4.77. The summed E-state index contributed by atoms with van der Waals surface area (Å²) in [6.07, 6.45) is 71.7. The fourth-order valence-electron chi connectivity index (χ4n) is 10.6. The Balaban J connectivity index is 5.32. The van der Waals surface area contributed by atoms with Crippen LogP contribution in [0.5, 0.6) is 0 Å². The molecule has 5 atom stereocenters. The van der Waals surface area contributed by atoms with Crippen molar-refractivity contribution in [2.45, 2.75) is 367 Å². The van der Waals surface area contributed by atoms with Gasteiger partial charge in [-0.1, -0.05) is 280 Å². The average Bonchev–Trinajstić information content (AvgIpc) is 0.968. The van der Waals surface area contributed by atoms with Crippen LogP contribution in [0, 0.1) is 0 Å². The van der Waals surface area contributed by atoms with Gasteiger partial charge in [0.1, 0.15) is 19.3 Å². The molecule has 0 radical (unpaired) electrons. The Morgan fingerprint density at radius 2 is 0.520 bits per heavy atom. The van der Waals surface area contributed by atoms with Crippen LogP contribution in [-0.4, -0.2) is 96.7 Å². The molecule has 0 spiro atoms. The maximum Gasteiger partial charge on any atom is 0.472 e. The summed E-state index contributed by atoms with van der Waals surface area (Å²) < 4.78 is 68.5. The van der Waals surface area contributed by atoms with Crippen molar-refractivity contribution in [3.63, 3.8) is 0 Å². The van der Waals surface area contributed by atoms with Gasteiger partial charge >= 0.3 is 39.5 Å². The highest BCUT2D eigenvalue weighted by molar-refractivity contribution is 7.47. The Morgan fingerprint density at radius 1 is 0.286 bits per heavy atom. The number of carbonyl (C=O) groups is 4. The highest BCUT2D eigenvalue weighted by atomic mass is 31.2. The first-order valence-corrected chi connectivity index (χ1v) is 42.2. The topological polar surface area (TPSA) is 237 Å². The van der Waals surface area contributed by atoms with E-state index in [-0.39, 0.29) is 25.7 Å². The first-order chi connectivity index (χ1) is 47.7. The van der Waals surface area contributed by atoms with Crippen LogP contribution < -0.4 is 0 Å². The van der Waals surface area contributed by atoms with Gasteiger partial charge in [-0.2, -0.15) is 0 Å². The predicted octanol–water partition coefficient (Wildman–Crippen LogP) is 22.4. The second kappa shape index (κ2) is 71.9. The Morgan fingerprint density at radius 3 is 0.847 bits per heavy atom. The smallest absolute Gasteiger partial charge is 0.462 e. The SMILES string of the molecule is CCC/C=C\C/C=C\CCCCCCCC(=O)OC(COC(=O)CCCCCCCC/C=C\C/C=C\C/C=C\CCCCC)COP(=O)(O)OCC(O)COP(=O)(O)OCC(COC(=O)CCCCCCC/C=C\CCCCCC)OC(=O)CCCCCCCCCCCCCCC. The van der Waals surface area contributed by atoms with Crippen molar-refractivity contribution in [1.29, 1.82) is 0 Å². The molecule has 0 aliphatic rings. The predicted molar refractivity (Wildman–Crippen MR) is 400 cm³/mol. The van der Waals surface area contributed by atoms with Crippen molar-refractivity contribution in [2.24, 2.45) is 0 Å². The molecule has 0 amide bonds. The number of allylic oxidation sites excluding steroid dienone is 12. The molecule has 0 saturated carbocycles. The number of phosphoric ester groups is 2. The third kappa shape index (κ3) is 70.9. The lowest BCUT2D eigenvalue weighted by Crippen LogP contribution is -2.30. The molecular weight excluding hydrogens is 1280 g/mol. The number of rotatable bonds is 74. The highest BCUT2D eigenvalue weighted by Gasteiger charge is 2.30. The van der Waals surface area contributed by atoms with Crippen LogP contribution in [0.1, 0.15) is 349 Å². The number of ether oxygens (including phenoxy) is 4. The summed E-state index contributed by atoms with van der Waals surface area (Å²) in [5.74, 6) is -2.19. The number of aliphatic hydroxyl groups is 1. The molecule has 19 heteroatoms. The standard InChI is InChI=1S/C79H142O17P2/c1-5-9-13-17-21-25-29-33-34-35-36-37-38-42-44-48-52-56-60-64-77(82)90-70-75(96-79(84)66-62-58-54-50-46-41-32-28-24-20-16-12-8-4)72-94-98(87,88)92-68-73(80)67-91-97(85,86)93-71-74(95-78(83)65-61-57-53-49-45-40-31-27-23-19-15-11-7-3)69-89-76(81)63-59-55-51-47-43-39-30-26-22-18-14-10-6-2/h16,20-21,25-26,28,30,32-34,36-37,73-75,80H,5-15,17-19,22-24,27,29,31,35,38-72H2,1-4H3,(H,85,86)(H,87,88)/b20-16-,25-21-,30-26-,32-28-,34-33-,37-36-. The van der Waals surface area contributed by atoms with Gasteiger partial charge in [0.15, 0.2) is 12.2 Å². The molecule has 17 nitrogen and oxygen atoms in total. The molecule has 570 valence electrons. The number of hydrogen-bond donors (Lipinski definition) is 3. The van der Waals surface area contributed by atoms with Crippen LogP contribution in [0.15, 0.2) is 72.9 Å². The van der Waals surface area contributed by atoms with E-state index in [1.165, 1.54) is 96.3 Å². The van der Waals surface area contributed by atoms with Gasteiger partial charge in [-0.3, -0.25) is 37.3 Å². The van der Waals surface area contributed by atoms with Crippen LogP contribution in [0.4, 0.5) is 0 Å². The number of carbonyl (C=O) groups excluding carboxylic acids is 4. The van der Waals surface area contributed by atoms with E-state index in [4.69, 9.17) is 37.0 Å². The second-order valence-corrected chi connectivity index (χ2v) is 29.2. The summed E-state index contributed by atoms with van der Waals surface area (Å²) >= 11 is 0. The molecule has 0 bridgehead atoms. The maximum atomic E-state index is 13.1. The zero-order chi connectivity index (χ0) is 71.8. The van der Waals surface area contributed by atoms with Crippen molar-refractivity contribution in [3.05, 3.63) is 72.9 Å². The van der Waals surface area contributed by atoms with E-state index in [9.17, 15) is 43.2 Å². The van der Waals surface area contributed by atoms with Gasteiger partial charge in [-0.25, -0.2) is 9.13 Å². The third-order valence-corrected chi connectivity index (χ3v) is 18.5. The number of hydrogen-bond acceptors (Lipinski definition) is 15. The molecule has 3 N–H and O–H groups in total. The minimum Gasteiger partial charge on any atom is -0.462 e. The largest absolute Gasteiger partial charge is 0.472 e. The minimum absolute atomic E-state index is 0.0777. The summed E-state index contributed by atoms with van der Waals surface area (Å²) in [5, 5.41) is 10.6. The van der Waals surface area contributed by atoms with E-state index in [1.54, 1.807) is 0 Å². The fourth-order valence-corrected chi connectivity index (χ4v) is 12.2. The van der Waals surface area contributed by atoms with Crippen molar-refractivity contribution in [3.8, 4) is 0 Å². The molecule has 0 fully saturated rings. The summed E-state index contributed by atoms with van der Waals surface area (Å²) in [4.78, 5) is 72.9. The minimum atomic E-state index is -4.98. The van der Waals surface area contributed by atoms with E-state index in [0.717, 1.165) is 173 Å². The van der Waals surface area contributed by atoms with E-state index in [2.05, 4.69) is 101 Å². The quantitative estimate of drug-likeness (QED) is 0.0169. The highest BCUT2D eigenvalue weighted by Crippen LogP contribution is 2.45. The Bertz CT molecular complexity index is 2140. The molecule has 0 aromatic heterocycles. The molecule has 0 rings (SSSR count). The Labute approximate surface area is 596 Å². The number of phosphoric acid groups is 2. The van der Waals surface area contributed by atoms with E-state index in [1.807, 2.05) is 0 Å². The summed E-state index contributed by atoms with van der Waals surface area (Å²) in [5.41, 5.74) is 0. The van der Waals surface area contributed by atoms with Gasteiger partial charge in [-0.15, -0.1) is 0 Å². The lowest BCUT2D eigenvalue weighted by atomic mass is 10.0. The maximum absolute atomic E-state index is 13.1.